The molecular formula is C21H26F3N3O6. The summed E-state index contributed by atoms with van der Waals surface area (Å²) in [5.74, 6) is 1.88. The van der Waals surface area contributed by atoms with Gasteiger partial charge in [0.1, 0.15) is 37.2 Å². The average molecular weight is 473 g/mol. The summed E-state index contributed by atoms with van der Waals surface area (Å²) in [6.07, 6.45) is 0.344. The van der Waals surface area contributed by atoms with Gasteiger partial charge in [-0.15, -0.1) is 6.42 Å². The van der Waals surface area contributed by atoms with Gasteiger partial charge in [0.15, 0.2) is 0 Å². The standard InChI is InChI=1S/C21H26F3N3O6/c1-3-7-26-8-5-6-14(26)19(29)32-12-16-15(31-9-4-2)10-17(33-16)27-11-13(21(22,23)24)18(28)25-20(27)30/h2,11,14-17H,3,5-10,12H2,1H3,(H,25,28,30)/t14-,15-,16+,17+/m0/s1. The summed E-state index contributed by atoms with van der Waals surface area (Å²) in [5, 5.41) is 0. The van der Waals surface area contributed by atoms with Crippen molar-refractivity contribution in [3.8, 4) is 12.3 Å². The number of hydrogen-bond acceptors (Lipinski definition) is 7. The van der Waals surface area contributed by atoms with E-state index in [1.165, 1.54) is 0 Å². The summed E-state index contributed by atoms with van der Waals surface area (Å²) in [5.41, 5.74) is -4.13. The second-order valence-corrected chi connectivity index (χ2v) is 7.95. The van der Waals surface area contributed by atoms with E-state index in [1.807, 2.05) is 11.8 Å². The average Bonchev–Trinajstić information content (AvgIpc) is 3.37. The van der Waals surface area contributed by atoms with Crippen molar-refractivity contribution >= 4 is 5.97 Å². The number of ether oxygens (including phenoxy) is 3. The van der Waals surface area contributed by atoms with Gasteiger partial charge in [-0.2, -0.15) is 13.2 Å². The fraction of sp³-hybridized carbons (Fsp3) is 0.667. The zero-order valence-corrected chi connectivity index (χ0v) is 18.1. The number of terminal acetylenes is 1. The molecule has 2 aliphatic heterocycles. The minimum atomic E-state index is -4.96. The monoisotopic (exact) mass is 473 g/mol. The molecule has 2 saturated heterocycles. The van der Waals surface area contributed by atoms with Crippen LogP contribution in [0.15, 0.2) is 15.8 Å². The minimum Gasteiger partial charge on any atom is -0.462 e. The summed E-state index contributed by atoms with van der Waals surface area (Å²) in [6, 6.07) is -0.358. The number of hydrogen-bond donors (Lipinski definition) is 1. The Morgan fingerprint density at radius 2 is 2.15 bits per heavy atom. The molecule has 182 valence electrons. The number of aromatic amines is 1. The van der Waals surface area contributed by atoms with Crippen LogP contribution in [0.5, 0.6) is 0 Å². The molecule has 0 saturated carbocycles. The Balaban J connectivity index is 1.74. The molecule has 0 aliphatic carbocycles. The van der Waals surface area contributed by atoms with Crippen LogP contribution in [0.25, 0.3) is 0 Å². The van der Waals surface area contributed by atoms with Crippen LogP contribution in [0.2, 0.25) is 0 Å². The quantitative estimate of drug-likeness (QED) is 0.448. The van der Waals surface area contributed by atoms with Crippen molar-refractivity contribution in [2.24, 2.45) is 0 Å². The molecule has 0 unspecified atom stereocenters. The van der Waals surface area contributed by atoms with Crippen molar-refractivity contribution in [1.29, 1.82) is 0 Å². The highest BCUT2D eigenvalue weighted by molar-refractivity contribution is 5.76. The van der Waals surface area contributed by atoms with Crippen molar-refractivity contribution < 1.29 is 32.2 Å². The minimum absolute atomic E-state index is 0.0292. The molecule has 9 nitrogen and oxygen atoms in total. The highest BCUT2D eigenvalue weighted by Crippen LogP contribution is 2.32. The van der Waals surface area contributed by atoms with Crippen LogP contribution in [0, 0.1) is 12.3 Å². The van der Waals surface area contributed by atoms with E-state index in [4.69, 9.17) is 20.6 Å². The number of nitrogens with one attached hydrogen (secondary N) is 1. The number of likely N-dealkylation sites (tertiary alicyclic amines) is 1. The zero-order chi connectivity index (χ0) is 24.2. The van der Waals surface area contributed by atoms with Crippen LogP contribution >= 0.6 is 0 Å². The molecule has 1 aromatic heterocycles. The lowest BCUT2D eigenvalue weighted by Crippen LogP contribution is -2.40. The molecule has 2 fully saturated rings. The largest absolute Gasteiger partial charge is 0.462 e. The van der Waals surface area contributed by atoms with Crippen LogP contribution < -0.4 is 11.2 Å². The van der Waals surface area contributed by atoms with E-state index in [0.29, 0.717) is 17.2 Å². The van der Waals surface area contributed by atoms with E-state index < -0.39 is 47.4 Å². The molecule has 0 aromatic carbocycles. The van der Waals surface area contributed by atoms with Gasteiger partial charge in [-0.3, -0.25) is 24.0 Å². The predicted octanol–water partition coefficient (Wildman–Crippen LogP) is 1.28. The van der Waals surface area contributed by atoms with E-state index >= 15 is 0 Å². The zero-order valence-electron chi connectivity index (χ0n) is 18.1. The summed E-state index contributed by atoms with van der Waals surface area (Å²) in [6.45, 7) is 3.27. The maximum Gasteiger partial charge on any atom is 0.423 e. The third kappa shape index (κ3) is 5.85. The lowest BCUT2D eigenvalue weighted by Gasteiger charge is -2.24. The van der Waals surface area contributed by atoms with E-state index in [9.17, 15) is 27.6 Å². The molecule has 3 rings (SSSR count). The van der Waals surface area contributed by atoms with Gasteiger partial charge in [0.05, 0.1) is 6.10 Å². The molecule has 0 radical (unpaired) electrons. The van der Waals surface area contributed by atoms with Gasteiger partial charge in [0, 0.05) is 12.6 Å². The number of rotatable bonds is 8. The second-order valence-electron chi connectivity index (χ2n) is 7.95. The lowest BCUT2D eigenvalue weighted by atomic mass is 10.1. The smallest absolute Gasteiger partial charge is 0.423 e. The highest BCUT2D eigenvalue weighted by atomic mass is 19.4. The molecule has 12 heteroatoms. The van der Waals surface area contributed by atoms with Crippen molar-refractivity contribution in [3.05, 3.63) is 32.6 Å². The predicted molar refractivity (Wildman–Crippen MR) is 109 cm³/mol. The fourth-order valence-electron chi connectivity index (χ4n) is 4.16. The third-order valence-electron chi connectivity index (χ3n) is 5.68. The molecular weight excluding hydrogens is 447 g/mol. The molecule has 1 aromatic rings. The number of aromatic nitrogens is 2. The van der Waals surface area contributed by atoms with Crippen LogP contribution in [0.3, 0.4) is 0 Å². The summed E-state index contributed by atoms with van der Waals surface area (Å²) in [4.78, 5) is 40.0. The van der Waals surface area contributed by atoms with Gasteiger partial charge in [-0.1, -0.05) is 12.8 Å². The van der Waals surface area contributed by atoms with E-state index in [-0.39, 0.29) is 25.7 Å². The van der Waals surface area contributed by atoms with Crippen molar-refractivity contribution in [2.75, 3.05) is 26.3 Å². The van der Waals surface area contributed by atoms with E-state index in [1.54, 1.807) is 4.98 Å². The molecule has 0 bridgehead atoms. The van der Waals surface area contributed by atoms with Crippen LogP contribution in [0.1, 0.15) is 44.4 Å². The first-order valence-electron chi connectivity index (χ1n) is 10.7. The Morgan fingerprint density at radius 1 is 1.39 bits per heavy atom. The first kappa shape index (κ1) is 25.0. The molecule has 4 atom stereocenters. The van der Waals surface area contributed by atoms with Gasteiger partial charge in [-0.25, -0.2) is 4.79 Å². The Bertz CT molecular complexity index is 999. The molecule has 2 aliphatic rings. The van der Waals surface area contributed by atoms with Crippen LogP contribution in [-0.2, 0) is 25.2 Å². The third-order valence-corrected chi connectivity index (χ3v) is 5.68. The molecule has 1 N–H and O–H groups in total. The fourth-order valence-corrected chi connectivity index (χ4v) is 4.16. The molecule has 0 spiro atoms. The number of alkyl halides is 3. The number of carbonyl (C=O) groups excluding carboxylic acids is 1. The van der Waals surface area contributed by atoms with Crippen molar-refractivity contribution in [3.63, 3.8) is 0 Å². The van der Waals surface area contributed by atoms with Gasteiger partial charge in [-0.05, 0) is 32.4 Å². The Labute approximate surface area is 187 Å². The van der Waals surface area contributed by atoms with Crippen molar-refractivity contribution in [1.82, 2.24) is 14.5 Å². The highest BCUT2D eigenvalue weighted by Gasteiger charge is 2.41. The van der Waals surface area contributed by atoms with Gasteiger partial charge in [0.2, 0.25) is 0 Å². The van der Waals surface area contributed by atoms with Gasteiger partial charge in [0.25, 0.3) is 5.56 Å². The van der Waals surface area contributed by atoms with Crippen molar-refractivity contribution in [2.45, 2.75) is 63.3 Å². The van der Waals surface area contributed by atoms with Crippen LogP contribution in [0.4, 0.5) is 13.2 Å². The maximum absolute atomic E-state index is 13.1. The number of carbonyl (C=O) groups is 1. The first-order valence-corrected chi connectivity index (χ1v) is 10.7. The van der Waals surface area contributed by atoms with Gasteiger partial charge >= 0.3 is 17.8 Å². The summed E-state index contributed by atoms with van der Waals surface area (Å²) >= 11 is 0. The molecule has 0 amide bonds. The number of nitrogens with zero attached hydrogens (tertiary/aromatic N) is 2. The maximum atomic E-state index is 13.1. The van der Waals surface area contributed by atoms with E-state index in [2.05, 4.69) is 5.92 Å². The topological polar surface area (TPSA) is 103 Å². The van der Waals surface area contributed by atoms with Gasteiger partial charge < -0.3 is 14.2 Å². The SMILES string of the molecule is C#CCO[C@H]1C[C@H](n2cc(C(F)(F)F)c(=O)[nH]c2=O)O[C@@H]1COC(=O)[C@@H]1CCCN1CCC. The lowest BCUT2D eigenvalue weighted by molar-refractivity contribution is -0.156. The number of halogens is 3. The summed E-state index contributed by atoms with van der Waals surface area (Å²) in [7, 11) is 0. The summed E-state index contributed by atoms with van der Waals surface area (Å²) < 4.78 is 56.7. The normalized spacial score (nSPS) is 25.8. The Morgan fingerprint density at radius 3 is 2.82 bits per heavy atom. The molecule has 3 heterocycles. The Hall–Kier alpha value is -2.62. The Kier molecular flexibility index (Phi) is 7.99. The molecule has 33 heavy (non-hydrogen) atoms. The van der Waals surface area contributed by atoms with E-state index in [0.717, 1.165) is 25.9 Å². The second kappa shape index (κ2) is 10.5. The van der Waals surface area contributed by atoms with Crippen LogP contribution in [-0.4, -0.2) is 65.0 Å². The number of esters is 1. The number of H-pyrrole nitrogens is 1. The first-order chi connectivity index (χ1) is 15.7.